The lowest BCUT2D eigenvalue weighted by molar-refractivity contribution is 0.0900. The molecule has 1 aromatic rings. The third kappa shape index (κ3) is 3.76. The van der Waals surface area contributed by atoms with Crippen molar-refractivity contribution < 1.29 is 9.90 Å². The number of carbonyl (C=O) groups excluding carboxylic acids is 1. The van der Waals surface area contributed by atoms with Gasteiger partial charge in [0.15, 0.2) is 0 Å². The van der Waals surface area contributed by atoms with Gasteiger partial charge in [-0.05, 0) is 53.7 Å². The molecule has 7 heteroatoms. The van der Waals surface area contributed by atoms with Gasteiger partial charge in [-0.25, -0.2) is 0 Å². The second kappa shape index (κ2) is 6.65. The number of hydrogen-bond donors (Lipinski definition) is 2. The number of aliphatic hydroxyl groups is 1. The molecule has 0 saturated heterocycles. The molecule has 1 amide bonds. The number of carbonyl (C=O) groups is 1. The summed E-state index contributed by atoms with van der Waals surface area (Å²) in [5, 5.41) is 12.0. The highest BCUT2D eigenvalue weighted by Gasteiger charge is 2.22. The Balaban J connectivity index is 2.86. The minimum Gasteiger partial charge on any atom is -0.394 e. The molecule has 96 valence electrons. The summed E-state index contributed by atoms with van der Waals surface area (Å²) >= 11 is 11.4. The third-order valence-electron chi connectivity index (χ3n) is 2.28. The van der Waals surface area contributed by atoms with Crippen molar-refractivity contribution in [2.75, 3.05) is 6.61 Å². The van der Waals surface area contributed by atoms with E-state index >= 15 is 0 Å². The Labute approximate surface area is 129 Å². The summed E-state index contributed by atoms with van der Waals surface area (Å²) in [6, 6.07) is -0.228. The van der Waals surface area contributed by atoms with Crippen LogP contribution in [0.2, 0.25) is 0 Å². The van der Waals surface area contributed by atoms with Crippen LogP contribution in [0.1, 0.15) is 23.5 Å². The third-order valence-corrected chi connectivity index (χ3v) is 7.31. The lowest BCUT2D eigenvalue weighted by Gasteiger charge is -2.19. The molecule has 0 aliphatic rings. The van der Waals surface area contributed by atoms with Gasteiger partial charge < -0.3 is 10.4 Å². The molecular weight excluding hydrogens is 438 g/mol. The zero-order valence-electron chi connectivity index (χ0n) is 9.26. The topological polar surface area (TPSA) is 49.3 Å². The van der Waals surface area contributed by atoms with Crippen molar-refractivity contribution in [1.29, 1.82) is 0 Å². The molecule has 1 aromatic heterocycles. The molecule has 0 fully saturated rings. The number of thiophene rings is 1. The van der Waals surface area contributed by atoms with Crippen LogP contribution in [0, 0.1) is 5.92 Å². The van der Waals surface area contributed by atoms with Crippen LogP contribution >= 0.6 is 59.1 Å². The molecule has 1 rings (SSSR count). The Bertz CT molecular complexity index is 420. The Hall–Kier alpha value is 0.570. The average Bonchev–Trinajstić information content (AvgIpc) is 2.53. The van der Waals surface area contributed by atoms with E-state index in [0.29, 0.717) is 4.88 Å². The molecule has 0 aromatic carbocycles. The van der Waals surface area contributed by atoms with E-state index in [1.54, 1.807) is 0 Å². The summed E-state index contributed by atoms with van der Waals surface area (Å²) in [5.74, 6) is 0.00981. The number of aliphatic hydroxyl groups excluding tert-OH is 1. The molecule has 0 aliphatic carbocycles. The fraction of sp³-hybridized carbons (Fsp3) is 0.500. The van der Waals surface area contributed by atoms with Gasteiger partial charge >= 0.3 is 0 Å². The predicted molar refractivity (Wildman–Crippen MR) is 80.6 cm³/mol. The highest BCUT2D eigenvalue weighted by Crippen LogP contribution is 2.40. The summed E-state index contributed by atoms with van der Waals surface area (Å²) in [4.78, 5) is 12.6. The van der Waals surface area contributed by atoms with E-state index in [2.05, 4.69) is 53.1 Å². The van der Waals surface area contributed by atoms with Crippen molar-refractivity contribution >= 4 is 65.0 Å². The van der Waals surface area contributed by atoms with E-state index < -0.39 is 0 Å². The maximum Gasteiger partial charge on any atom is 0.262 e. The molecule has 0 bridgehead atoms. The second-order valence-corrected chi connectivity index (χ2v) is 7.76. The van der Waals surface area contributed by atoms with Crippen molar-refractivity contribution in [3.8, 4) is 0 Å². The smallest absolute Gasteiger partial charge is 0.262 e. The lowest BCUT2D eigenvalue weighted by Crippen LogP contribution is -2.40. The van der Waals surface area contributed by atoms with E-state index in [9.17, 15) is 9.90 Å². The maximum atomic E-state index is 12.0. The lowest BCUT2D eigenvalue weighted by atomic mass is 10.1. The first kappa shape index (κ1) is 15.6. The largest absolute Gasteiger partial charge is 0.394 e. The van der Waals surface area contributed by atoms with E-state index in [-0.39, 0.29) is 24.5 Å². The summed E-state index contributed by atoms with van der Waals surface area (Å²) in [6.07, 6.45) is 0. The molecule has 17 heavy (non-hydrogen) atoms. The van der Waals surface area contributed by atoms with E-state index in [1.807, 2.05) is 13.8 Å². The van der Waals surface area contributed by atoms with Crippen LogP contribution in [0.15, 0.2) is 12.7 Å². The molecule has 1 heterocycles. The quantitative estimate of drug-likeness (QED) is 0.734. The summed E-state index contributed by atoms with van der Waals surface area (Å²) in [5.41, 5.74) is 0. The summed E-state index contributed by atoms with van der Waals surface area (Å²) in [6.45, 7) is 3.85. The zero-order chi connectivity index (χ0) is 13.2. The van der Waals surface area contributed by atoms with Gasteiger partial charge in [-0.1, -0.05) is 13.8 Å². The van der Waals surface area contributed by atoms with Crippen LogP contribution < -0.4 is 5.32 Å². The van der Waals surface area contributed by atoms with Crippen LogP contribution in [0.5, 0.6) is 0 Å². The minimum atomic E-state index is -0.228. The van der Waals surface area contributed by atoms with Gasteiger partial charge in [-0.15, -0.1) is 11.3 Å². The highest BCUT2D eigenvalue weighted by molar-refractivity contribution is 9.14. The predicted octanol–water partition coefficient (Wildman–Crippen LogP) is 3.78. The van der Waals surface area contributed by atoms with Crippen LogP contribution in [-0.2, 0) is 0 Å². The van der Waals surface area contributed by atoms with E-state index in [1.165, 1.54) is 11.3 Å². The molecular formula is C10H12Br3NO2S. The zero-order valence-corrected chi connectivity index (χ0v) is 14.8. The molecule has 0 spiro atoms. The Morgan fingerprint density at radius 3 is 2.29 bits per heavy atom. The van der Waals surface area contributed by atoms with Gasteiger partial charge in [0.1, 0.15) is 4.88 Å². The Morgan fingerprint density at radius 2 is 1.94 bits per heavy atom. The molecule has 0 saturated carbocycles. The van der Waals surface area contributed by atoms with E-state index in [0.717, 1.165) is 12.7 Å². The fourth-order valence-electron chi connectivity index (χ4n) is 1.17. The van der Waals surface area contributed by atoms with Crippen molar-refractivity contribution in [3.63, 3.8) is 0 Å². The van der Waals surface area contributed by atoms with Crippen molar-refractivity contribution in [2.24, 2.45) is 5.92 Å². The first-order valence-corrected chi connectivity index (χ1v) is 8.13. The fourth-order valence-corrected chi connectivity index (χ4v) is 4.16. The summed E-state index contributed by atoms with van der Waals surface area (Å²) in [7, 11) is 0. The highest BCUT2D eigenvalue weighted by atomic mass is 79.9. The standard InChI is InChI=1S/C10H12Br3NO2S/c1-4(2)5(3-15)14-10(16)8-6(11)7(12)9(13)17-8/h4-5,15H,3H2,1-2H3,(H,14,16)/t5-/m1/s1. The Morgan fingerprint density at radius 1 is 1.35 bits per heavy atom. The van der Waals surface area contributed by atoms with Crippen LogP contribution in [-0.4, -0.2) is 23.7 Å². The minimum absolute atomic E-state index is 0.0608. The molecule has 2 N–H and O–H groups in total. The van der Waals surface area contributed by atoms with Crippen molar-refractivity contribution in [3.05, 3.63) is 17.6 Å². The molecule has 0 unspecified atom stereocenters. The number of halogens is 3. The first-order chi connectivity index (χ1) is 7.88. The van der Waals surface area contributed by atoms with Crippen LogP contribution in [0.25, 0.3) is 0 Å². The first-order valence-electron chi connectivity index (χ1n) is 4.93. The van der Waals surface area contributed by atoms with Gasteiger partial charge in [-0.2, -0.15) is 0 Å². The van der Waals surface area contributed by atoms with E-state index in [4.69, 9.17) is 0 Å². The second-order valence-electron chi connectivity index (χ2n) is 3.84. The number of nitrogens with one attached hydrogen (secondary N) is 1. The maximum absolute atomic E-state index is 12.0. The van der Waals surface area contributed by atoms with Gasteiger partial charge in [-0.3, -0.25) is 4.79 Å². The van der Waals surface area contributed by atoms with Gasteiger partial charge in [0, 0.05) is 0 Å². The number of hydrogen-bond acceptors (Lipinski definition) is 3. The van der Waals surface area contributed by atoms with Crippen LogP contribution in [0.3, 0.4) is 0 Å². The van der Waals surface area contributed by atoms with Gasteiger partial charge in [0.2, 0.25) is 0 Å². The molecule has 0 aliphatic heterocycles. The number of rotatable bonds is 4. The monoisotopic (exact) mass is 447 g/mol. The molecule has 1 atom stereocenters. The van der Waals surface area contributed by atoms with Crippen molar-refractivity contribution in [2.45, 2.75) is 19.9 Å². The normalized spacial score (nSPS) is 12.9. The number of amides is 1. The summed E-state index contributed by atoms with van der Waals surface area (Å²) < 4.78 is 2.42. The molecule has 3 nitrogen and oxygen atoms in total. The molecule has 0 radical (unpaired) electrons. The Kier molecular flexibility index (Phi) is 6.12. The average molecular weight is 450 g/mol. The van der Waals surface area contributed by atoms with Gasteiger partial charge in [0.25, 0.3) is 5.91 Å². The SMILES string of the molecule is CC(C)[C@@H](CO)NC(=O)c1sc(Br)c(Br)c1Br. The van der Waals surface area contributed by atoms with Crippen molar-refractivity contribution in [1.82, 2.24) is 5.32 Å². The van der Waals surface area contributed by atoms with Crippen LogP contribution in [0.4, 0.5) is 0 Å². The van der Waals surface area contributed by atoms with Gasteiger partial charge in [0.05, 0.1) is 25.4 Å².